The van der Waals surface area contributed by atoms with Gasteiger partial charge in [-0.15, -0.1) is 0 Å². The summed E-state index contributed by atoms with van der Waals surface area (Å²) in [6.45, 7) is 4.23. The number of furan rings is 1. The second kappa shape index (κ2) is 8.21. The fourth-order valence-corrected chi connectivity index (χ4v) is 3.19. The smallest absolute Gasteiger partial charge is 0.291 e. The van der Waals surface area contributed by atoms with Gasteiger partial charge in [-0.25, -0.2) is 0 Å². The number of hydrogen-bond acceptors (Lipinski definition) is 4. The largest absolute Gasteiger partial charge is 0.459 e. The molecule has 0 atom stereocenters. The summed E-state index contributed by atoms with van der Waals surface area (Å²) in [5.41, 5.74) is 4.85. The van der Waals surface area contributed by atoms with Crippen LogP contribution in [0, 0.1) is 13.8 Å². The number of aryl methyl sites for hydroxylation is 2. The van der Waals surface area contributed by atoms with E-state index in [1.807, 2.05) is 50.2 Å². The van der Waals surface area contributed by atoms with E-state index in [0.29, 0.717) is 23.5 Å². The van der Waals surface area contributed by atoms with E-state index in [2.05, 4.69) is 15.6 Å². The van der Waals surface area contributed by atoms with E-state index in [-0.39, 0.29) is 17.6 Å². The molecule has 4 aromatic rings. The zero-order valence-corrected chi connectivity index (χ0v) is 16.7. The van der Waals surface area contributed by atoms with Crippen molar-refractivity contribution in [1.29, 1.82) is 0 Å². The molecule has 0 aliphatic carbocycles. The predicted octanol–water partition coefficient (Wildman–Crippen LogP) is 4.63. The van der Waals surface area contributed by atoms with Gasteiger partial charge in [-0.05, 0) is 61.4 Å². The average Bonchev–Trinajstić information content (AvgIpc) is 3.27. The first-order valence-electron chi connectivity index (χ1n) is 9.59. The molecule has 0 aliphatic heterocycles. The maximum absolute atomic E-state index is 12.7. The highest BCUT2D eigenvalue weighted by Crippen LogP contribution is 2.18. The molecule has 0 spiro atoms. The third-order valence-electron chi connectivity index (χ3n) is 4.82. The highest BCUT2D eigenvalue weighted by atomic mass is 16.3. The van der Waals surface area contributed by atoms with E-state index >= 15 is 0 Å². The number of pyridine rings is 1. The Bertz CT molecular complexity index is 1210. The SMILES string of the molecule is Cc1ccc2cc(C(=O)NCc3ccc(NC(=O)c4ccco4)cc3)c(C)nc2c1. The lowest BCUT2D eigenvalue weighted by molar-refractivity contribution is 0.0949. The van der Waals surface area contributed by atoms with Crippen LogP contribution in [-0.4, -0.2) is 16.8 Å². The summed E-state index contributed by atoms with van der Waals surface area (Å²) in [4.78, 5) is 29.2. The van der Waals surface area contributed by atoms with Crippen LogP contribution in [0.25, 0.3) is 10.9 Å². The maximum Gasteiger partial charge on any atom is 0.291 e. The van der Waals surface area contributed by atoms with Crippen molar-refractivity contribution in [2.75, 3.05) is 5.32 Å². The second-order valence-electron chi connectivity index (χ2n) is 7.13. The van der Waals surface area contributed by atoms with E-state index in [1.54, 1.807) is 24.3 Å². The lowest BCUT2D eigenvalue weighted by Crippen LogP contribution is -2.24. The normalized spacial score (nSPS) is 10.7. The molecule has 0 bridgehead atoms. The van der Waals surface area contributed by atoms with Crippen molar-refractivity contribution in [2.45, 2.75) is 20.4 Å². The van der Waals surface area contributed by atoms with E-state index in [0.717, 1.165) is 22.0 Å². The van der Waals surface area contributed by atoms with Crippen LogP contribution >= 0.6 is 0 Å². The highest BCUT2D eigenvalue weighted by Gasteiger charge is 2.12. The van der Waals surface area contributed by atoms with Crippen LogP contribution in [0.5, 0.6) is 0 Å². The predicted molar refractivity (Wildman–Crippen MR) is 115 cm³/mol. The van der Waals surface area contributed by atoms with Crippen molar-refractivity contribution >= 4 is 28.4 Å². The Labute approximate surface area is 173 Å². The van der Waals surface area contributed by atoms with Gasteiger partial charge in [0.1, 0.15) is 0 Å². The summed E-state index contributed by atoms with van der Waals surface area (Å²) >= 11 is 0. The van der Waals surface area contributed by atoms with Crippen LogP contribution in [0.3, 0.4) is 0 Å². The number of benzene rings is 2. The van der Waals surface area contributed by atoms with Crippen molar-refractivity contribution < 1.29 is 14.0 Å². The minimum atomic E-state index is -0.310. The summed E-state index contributed by atoms with van der Waals surface area (Å²) in [6, 6.07) is 18.4. The number of fused-ring (bicyclic) bond motifs is 1. The third kappa shape index (κ3) is 4.22. The molecular weight excluding hydrogens is 378 g/mol. The summed E-state index contributed by atoms with van der Waals surface area (Å²) < 4.78 is 5.08. The lowest BCUT2D eigenvalue weighted by atomic mass is 10.1. The van der Waals surface area contributed by atoms with Gasteiger partial charge in [0, 0.05) is 17.6 Å². The lowest BCUT2D eigenvalue weighted by Gasteiger charge is -2.10. The topological polar surface area (TPSA) is 84.2 Å². The Kier molecular flexibility index (Phi) is 5.30. The van der Waals surface area contributed by atoms with Crippen molar-refractivity contribution in [3.63, 3.8) is 0 Å². The van der Waals surface area contributed by atoms with Crippen molar-refractivity contribution in [3.05, 3.63) is 95.1 Å². The number of anilines is 1. The quantitative estimate of drug-likeness (QED) is 0.513. The summed E-state index contributed by atoms with van der Waals surface area (Å²) in [5.74, 6) is -0.228. The van der Waals surface area contributed by atoms with Gasteiger partial charge in [-0.3, -0.25) is 14.6 Å². The molecule has 0 saturated carbocycles. The minimum Gasteiger partial charge on any atom is -0.459 e. The maximum atomic E-state index is 12.7. The van der Waals surface area contributed by atoms with Crippen LogP contribution in [0.1, 0.15) is 37.7 Å². The van der Waals surface area contributed by atoms with Gasteiger partial charge in [0.2, 0.25) is 0 Å². The minimum absolute atomic E-state index is 0.169. The Balaban J connectivity index is 1.40. The number of nitrogens with zero attached hydrogens (tertiary/aromatic N) is 1. The molecule has 2 heterocycles. The molecule has 0 radical (unpaired) electrons. The zero-order chi connectivity index (χ0) is 21.1. The molecular formula is C24H21N3O3. The first kappa shape index (κ1) is 19.4. The number of rotatable bonds is 5. The second-order valence-corrected chi connectivity index (χ2v) is 7.13. The van der Waals surface area contributed by atoms with E-state index in [4.69, 9.17) is 4.42 Å². The Morgan fingerprint density at radius 3 is 2.50 bits per heavy atom. The van der Waals surface area contributed by atoms with Crippen LogP contribution in [-0.2, 0) is 6.54 Å². The number of amides is 2. The Hall–Kier alpha value is -3.93. The monoisotopic (exact) mass is 399 g/mol. The fourth-order valence-electron chi connectivity index (χ4n) is 3.19. The molecule has 0 unspecified atom stereocenters. The third-order valence-corrected chi connectivity index (χ3v) is 4.82. The first-order valence-corrected chi connectivity index (χ1v) is 9.59. The number of hydrogen-bond donors (Lipinski definition) is 2. The van der Waals surface area contributed by atoms with Crippen LogP contribution in [0.4, 0.5) is 5.69 Å². The Morgan fingerprint density at radius 1 is 0.967 bits per heavy atom. The molecule has 0 saturated heterocycles. The average molecular weight is 399 g/mol. The fraction of sp³-hybridized carbons (Fsp3) is 0.125. The standard InChI is InChI=1S/C24H21N3O3/c1-15-5-8-18-13-20(16(2)26-21(18)12-15)23(28)25-14-17-6-9-19(10-7-17)27-24(29)22-4-3-11-30-22/h3-13H,14H2,1-2H3,(H,25,28)(H,27,29). The summed E-state index contributed by atoms with van der Waals surface area (Å²) in [5, 5.41) is 6.63. The molecule has 2 amide bonds. The van der Waals surface area contributed by atoms with Crippen LogP contribution in [0.15, 0.2) is 71.3 Å². The Morgan fingerprint density at radius 2 is 1.77 bits per heavy atom. The summed E-state index contributed by atoms with van der Waals surface area (Å²) in [7, 11) is 0. The molecule has 30 heavy (non-hydrogen) atoms. The molecule has 2 aromatic carbocycles. The van der Waals surface area contributed by atoms with Crippen LogP contribution in [0.2, 0.25) is 0 Å². The van der Waals surface area contributed by atoms with Gasteiger partial charge >= 0.3 is 0 Å². The number of aromatic nitrogens is 1. The van der Waals surface area contributed by atoms with E-state index in [9.17, 15) is 9.59 Å². The van der Waals surface area contributed by atoms with E-state index < -0.39 is 0 Å². The molecule has 2 N–H and O–H groups in total. The molecule has 2 aromatic heterocycles. The van der Waals surface area contributed by atoms with Crippen LogP contribution < -0.4 is 10.6 Å². The van der Waals surface area contributed by atoms with Gasteiger partial charge in [0.15, 0.2) is 5.76 Å². The van der Waals surface area contributed by atoms with E-state index in [1.165, 1.54) is 6.26 Å². The summed E-state index contributed by atoms with van der Waals surface area (Å²) in [6.07, 6.45) is 1.45. The van der Waals surface area contributed by atoms with Gasteiger partial charge in [0.05, 0.1) is 23.0 Å². The van der Waals surface area contributed by atoms with Crippen molar-refractivity contribution in [1.82, 2.24) is 10.3 Å². The number of nitrogens with one attached hydrogen (secondary N) is 2. The number of carbonyl (C=O) groups is 2. The molecule has 6 nitrogen and oxygen atoms in total. The molecule has 4 rings (SSSR count). The highest BCUT2D eigenvalue weighted by molar-refractivity contribution is 6.02. The van der Waals surface area contributed by atoms with Gasteiger partial charge in [-0.1, -0.05) is 24.3 Å². The molecule has 6 heteroatoms. The van der Waals surface area contributed by atoms with Gasteiger partial charge < -0.3 is 15.1 Å². The van der Waals surface area contributed by atoms with Gasteiger partial charge in [0.25, 0.3) is 11.8 Å². The molecule has 0 fully saturated rings. The van der Waals surface area contributed by atoms with Crippen molar-refractivity contribution in [2.24, 2.45) is 0 Å². The van der Waals surface area contributed by atoms with Gasteiger partial charge in [-0.2, -0.15) is 0 Å². The zero-order valence-electron chi connectivity index (χ0n) is 16.7. The molecule has 0 aliphatic rings. The first-order chi connectivity index (χ1) is 14.5. The molecule has 150 valence electrons. The van der Waals surface area contributed by atoms with Crippen molar-refractivity contribution in [3.8, 4) is 0 Å². The number of carbonyl (C=O) groups excluding carboxylic acids is 2.